The summed E-state index contributed by atoms with van der Waals surface area (Å²) in [5.41, 5.74) is 4.37. The highest BCUT2D eigenvalue weighted by molar-refractivity contribution is 5.73. The molecule has 2 rings (SSSR count). The Kier molecular flexibility index (Phi) is 5.57. The van der Waals surface area contributed by atoms with Crippen LogP contribution < -0.4 is 10.7 Å². The van der Waals surface area contributed by atoms with Gasteiger partial charge in [-0.25, -0.2) is 9.80 Å². The van der Waals surface area contributed by atoms with Crippen LogP contribution >= 0.6 is 0 Å². The van der Waals surface area contributed by atoms with Crippen LogP contribution in [0.1, 0.15) is 30.4 Å². The maximum Gasteiger partial charge on any atom is 0.329 e. The zero-order valence-electron chi connectivity index (χ0n) is 12.0. The largest absolute Gasteiger partial charge is 0.481 e. The van der Waals surface area contributed by atoms with E-state index < -0.39 is 5.97 Å². The van der Waals surface area contributed by atoms with E-state index in [1.165, 1.54) is 6.42 Å². The van der Waals surface area contributed by atoms with E-state index in [-0.39, 0.29) is 12.5 Å². The van der Waals surface area contributed by atoms with E-state index in [1.807, 2.05) is 17.1 Å². The molecule has 1 saturated heterocycles. The van der Waals surface area contributed by atoms with Gasteiger partial charge in [0.15, 0.2) is 0 Å². The van der Waals surface area contributed by atoms with E-state index in [9.17, 15) is 9.59 Å². The van der Waals surface area contributed by atoms with E-state index in [2.05, 4.69) is 10.7 Å². The molecule has 0 bridgehead atoms. The van der Waals surface area contributed by atoms with Crippen molar-refractivity contribution in [3.63, 3.8) is 0 Å². The van der Waals surface area contributed by atoms with Crippen molar-refractivity contribution in [3.8, 4) is 0 Å². The van der Waals surface area contributed by atoms with Crippen molar-refractivity contribution >= 4 is 12.0 Å². The van der Waals surface area contributed by atoms with Crippen molar-refractivity contribution in [1.82, 2.24) is 15.8 Å². The van der Waals surface area contributed by atoms with Crippen LogP contribution in [-0.4, -0.2) is 35.2 Å². The Bertz CT molecular complexity index is 499. The standard InChI is InChI=1S/C15H21N3O3/c19-14(20)10-12-6-2-3-7-13(12)11-16-15(21)17-18-8-4-1-5-9-18/h2-3,6-7H,1,4-5,8-11H2,(H,19,20)(H2,16,17,21). The molecule has 6 heteroatoms. The Morgan fingerprint density at radius 1 is 1.10 bits per heavy atom. The van der Waals surface area contributed by atoms with Crippen LogP contribution in [0.15, 0.2) is 24.3 Å². The second-order valence-corrected chi connectivity index (χ2v) is 5.18. The van der Waals surface area contributed by atoms with Crippen molar-refractivity contribution in [2.45, 2.75) is 32.2 Å². The number of carbonyl (C=O) groups is 2. The summed E-state index contributed by atoms with van der Waals surface area (Å²) in [5, 5.41) is 13.6. The maximum absolute atomic E-state index is 11.8. The molecule has 6 nitrogen and oxygen atoms in total. The number of nitrogens with one attached hydrogen (secondary N) is 2. The maximum atomic E-state index is 11.8. The first-order chi connectivity index (χ1) is 10.1. The molecule has 1 fully saturated rings. The number of urea groups is 1. The van der Waals surface area contributed by atoms with E-state index >= 15 is 0 Å². The average molecular weight is 291 g/mol. The van der Waals surface area contributed by atoms with Crippen molar-refractivity contribution in [3.05, 3.63) is 35.4 Å². The number of piperidine rings is 1. The zero-order chi connectivity index (χ0) is 15.1. The van der Waals surface area contributed by atoms with E-state index in [4.69, 9.17) is 5.11 Å². The van der Waals surface area contributed by atoms with Gasteiger partial charge >= 0.3 is 12.0 Å². The van der Waals surface area contributed by atoms with E-state index in [0.717, 1.165) is 37.1 Å². The summed E-state index contributed by atoms with van der Waals surface area (Å²) in [6, 6.07) is 7.00. The Morgan fingerprint density at radius 2 is 1.76 bits per heavy atom. The second-order valence-electron chi connectivity index (χ2n) is 5.18. The summed E-state index contributed by atoms with van der Waals surface area (Å²) in [6.07, 6.45) is 3.37. The molecule has 2 amide bonds. The van der Waals surface area contributed by atoms with Gasteiger partial charge in [0.05, 0.1) is 6.42 Å². The van der Waals surface area contributed by atoms with Gasteiger partial charge in [0.1, 0.15) is 0 Å². The van der Waals surface area contributed by atoms with Crippen LogP contribution in [0.25, 0.3) is 0 Å². The lowest BCUT2D eigenvalue weighted by Gasteiger charge is -2.26. The SMILES string of the molecule is O=C(O)Cc1ccccc1CNC(=O)NN1CCCCC1. The number of hydrogen-bond donors (Lipinski definition) is 3. The molecule has 0 spiro atoms. The van der Waals surface area contributed by atoms with Crippen LogP contribution in [0, 0.1) is 0 Å². The molecule has 0 aliphatic carbocycles. The molecule has 0 saturated carbocycles. The van der Waals surface area contributed by atoms with E-state index in [0.29, 0.717) is 6.54 Å². The fourth-order valence-electron chi connectivity index (χ4n) is 2.43. The number of rotatable bonds is 5. The highest BCUT2D eigenvalue weighted by atomic mass is 16.4. The fourth-order valence-corrected chi connectivity index (χ4v) is 2.43. The molecule has 0 aromatic heterocycles. The van der Waals surface area contributed by atoms with Crippen LogP contribution in [0.4, 0.5) is 4.79 Å². The molecule has 3 N–H and O–H groups in total. The topological polar surface area (TPSA) is 81.7 Å². The molecule has 1 aromatic carbocycles. The predicted molar refractivity (Wildman–Crippen MR) is 78.6 cm³/mol. The number of carbonyl (C=O) groups excluding carboxylic acids is 1. The van der Waals surface area contributed by atoms with Crippen molar-refractivity contribution in [2.75, 3.05) is 13.1 Å². The summed E-state index contributed by atoms with van der Waals surface area (Å²) in [7, 11) is 0. The molecule has 1 aliphatic rings. The van der Waals surface area contributed by atoms with Crippen LogP contribution in [0.2, 0.25) is 0 Å². The van der Waals surface area contributed by atoms with Gasteiger partial charge in [0, 0.05) is 19.6 Å². The monoisotopic (exact) mass is 291 g/mol. The quantitative estimate of drug-likeness (QED) is 0.768. The van der Waals surface area contributed by atoms with E-state index in [1.54, 1.807) is 12.1 Å². The third-order valence-electron chi connectivity index (χ3n) is 3.52. The first-order valence-corrected chi connectivity index (χ1v) is 7.23. The Hall–Kier alpha value is -2.08. The van der Waals surface area contributed by atoms with Crippen LogP contribution in [0.5, 0.6) is 0 Å². The smallest absolute Gasteiger partial charge is 0.329 e. The summed E-state index contributed by atoms with van der Waals surface area (Å²) >= 11 is 0. The number of benzene rings is 1. The molecule has 1 aliphatic heterocycles. The molecule has 114 valence electrons. The highest BCUT2D eigenvalue weighted by Gasteiger charge is 2.13. The first kappa shape index (κ1) is 15.3. The van der Waals surface area contributed by atoms with Gasteiger partial charge in [-0.15, -0.1) is 0 Å². The fraction of sp³-hybridized carbons (Fsp3) is 0.467. The Balaban J connectivity index is 1.84. The predicted octanol–water partition coefficient (Wildman–Crippen LogP) is 1.51. The number of hydrogen-bond acceptors (Lipinski definition) is 3. The lowest BCUT2D eigenvalue weighted by molar-refractivity contribution is -0.136. The number of aliphatic carboxylic acids is 1. The number of hydrazine groups is 1. The molecule has 0 unspecified atom stereocenters. The number of amides is 2. The lowest BCUT2D eigenvalue weighted by Crippen LogP contribution is -2.49. The highest BCUT2D eigenvalue weighted by Crippen LogP contribution is 2.09. The summed E-state index contributed by atoms with van der Waals surface area (Å²) in [6.45, 7) is 2.08. The molecule has 1 heterocycles. The first-order valence-electron chi connectivity index (χ1n) is 7.23. The van der Waals surface area contributed by atoms with Gasteiger partial charge < -0.3 is 10.4 Å². The number of carboxylic acid groups (broad SMARTS) is 1. The normalized spacial score (nSPS) is 15.4. The number of nitrogens with zero attached hydrogens (tertiary/aromatic N) is 1. The lowest BCUT2D eigenvalue weighted by atomic mass is 10.0. The summed E-state index contributed by atoms with van der Waals surface area (Å²) in [4.78, 5) is 22.7. The Morgan fingerprint density at radius 3 is 2.43 bits per heavy atom. The second kappa shape index (κ2) is 7.64. The minimum absolute atomic E-state index is 0.0361. The van der Waals surface area contributed by atoms with Crippen LogP contribution in [-0.2, 0) is 17.8 Å². The van der Waals surface area contributed by atoms with Crippen molar-refractivity contribution in [2.24, 2.45) is 0 Å². The van der Waals surface area contributed by atoms with Crippen LogP contribution in [0.3, 0.4) is 0 Å². The van der Waals surface area contributed by atoms with Gasteiger partial charge in [-0.1, -0.05) is 30.7 Å². The van der Waals surface area contributed by atoms with Gasteiger partial charge in [0.25, 0.3) is 0 Å². The molecular formula is C15H21N3O3. The molecular weight excluding hydrogens is 270 g/mol. The van der Waals surface area contributed by atoms with Gasteiger partial charge in [-0.2, -0.15) is 0 Å². The summed E-state index contributed by atoms with van der Waals surface area (Å²) < 4.78 is 0. The molecule has 0 radical (unpaired) electrons. The molecule has 0 atom stereocenters. The third-order valence-corrected chi connectivity index (χ3v) is 3.52. The average Bonchev–Trinajstić information content (AvgIpc) is 2.47. The van der Waals surface area contributed by atoms with Crippen molar-refractivity contribution in [1.29, 1.82) is 0 Å². The minimum atomic E-state index is -0.875. The van der Waals surface area contributed by atoms with Crippen molar-refractivity contribution < 1.29 is 14.7 Å². The molecule has 21 heavy (non-hydrogen) atoms. The number of carboxylic acids is 1. The zero-order valence-corrected chi connectivity index (χ0v) is 12.0. The Labute approximate surface area is 124 Å². The summed E-state index contributed by atoms with van der Waals surface area (Å²) in [5.74, 6) is -0.875. The van der Waals surface area contributed by atoms with Gasteiger partial charge in [-0.05, 0) is 24.0 Å². The molecule has 1 aromatic rings. The van der Waals surface area contributed by atoms with Gasteiger partial charge in [-0.3, -0.25) is 10.2 Å². The minimum Gasteiger partial charge on any atom is -0.481 e. The third kappa shape index (κ3) is 5.07. The van der Waals surface area contributed by atoms with Gasteiger partial charge in [0.2, 0.25) is 0 Å².